The van der Waals surface area contributed by atoms with E-state index in [9.17, 15) is 9.59 Å². The molecule has 2 aliphatic rings. The maximum absolute atomic E-state index is 13.2. The van der Waals surface area contributed by atoms with Crippen molar-refractivity contribution in [2.75, 3.05) is 25.9 Å². The number of aromatic nitrogens is 1. The maximum atomic E-state index is 13.2. The van der Waals surface area contributed by atoms with Crippen molar-refractivity contribution in [1.29, 1.82) is 0 Å². The Bertz CT molecular complexity index is 873. The smallest absolute Gasteiger partial charge is 0.256 e. The van der Waals surface area contributed by atoms with Crippen molar-refractivity contribution in [2.24, 2.45) is 11.8 Å². The predicted octanol–water partition coefficient (Wildman–Crippen LogP) is 3.49. The number of thioether (sulfide) groups is 1. The van der Waals surface area contributed by atoms with Crippen molar-refractivity contribution in [2.45, 2.75) is 24.4 Å². The van der Waals surface area contributed by atoms with Crippen LogP contribution in [-0.4, -0.2) is 52.5 Å². The van der Waals surface area contributed by atoms with E-state index in [1.54, 1.807) is 6.20 Å². The van der Waals surface area contributed by atoms with Crippen molar-refractivity contribution in [3.63, 3.8) is 0 Å². The summed E-state index contributed by atoms with van der Waals surface area (Å²) in [5.74, 6) is 0.834. The van der Waals surface area contributed by atoms with Crippen molar-refractivity contribution < 1.29 is 9.59 Å². The van der Waals surface area contributed by atoms with Gasteiger partial charge in [0.05, 0.1) is 11.6 Å². The van der Waals surface area contributed by atoms with Gasteiger partial charge >= 0.3 is 0 Å². The molecule has 1 aromatic carbocycles. The fraction of sp³-hybridized carbons (Fsp3) is 0.409. The molecule has 2 aliphatic heterocycles. The largest absolute Gasteiger partial charge is 0.338 e. The fourth-order valence-electron chi connectivity index (χ4n) is 4.63. The van der Waals surface area contributed by atoms with Gasteiger partial charge in [0, 0.05) is 44.1 Å². The van der Waals surface area contributed by atoms with E-state index < -0.39 is 0 Å². The number of amides is 2. The SMILES string of the molecule is CCC(=O)N1C[C@@H]2CN(C(=O)c3cccnc3SC)C[C@@H]2[C@H]1c1ccccc1. The average Bonchev–Trinajstić information content (AvgIpc) is 3.31. The van der Waals surface area contributed by atoms with Gasteiger partial charge in [0.2, 0.25) is 5.91 Å². The molecule has 3 atom stereocenters. The quantitative estimate of drug-likeness (QED) is 0.744. The van der Waals surface area contributed by atoms with Gasteiger partial charge in [-0.05, 0) is 24.0 Å². The van der Waals surface area contributed by atoms with Crippen LogP contribution < -0.4 is 0 Å². The molecule has 0 aliphatic carbocycles. The van der Waals surface area contributed by atoms with E-state index >= 15 is 0 Å². The molecule has 0 bridgehead atoms. The summed E-state index contributed by atoms with van der Waals surface area (Å²) in [7, 11) is 0. The lowest BCUT2D eigenvalue weighted by Gasteiger charge is -2.30. The van der Waals surface area contributed by atoms with Crippen LogP contribution in [0.1, 0.15) is 35.3 Å². The molecule has 4 rings (SSSR count). The Morgan fingerprint density at radius 1 is 1.11 bits per heavy atom. The summed E-state index contributed by atoms with van der Waals surface area (Å²) in [4.78, 5) is 34.1. The minimum absolute atomic E-state index is 0.0466. The number of nitrogens with zero attached hydrogens (tertiary/aromatic N) is 3. The Morgan fingerprint density at radius 2 is 1.89 bits per heavy atom. The van der Waals surface area contributed by atoms with Crippen molar-refractivity contribution in [1.82, 2.24) is 14.8 Å². The molecule has 2 saturated heterocycles. The molecular formula is C22H25N3O2S. The Labute approximate surface area is 170 Å². The first-order valence-electron chi connectivity index (χ1n) is 9.76. The van der Waals surface area contributed by atoms with E-state index in [0.29, 0.717) is 31.0 Å². The van der Waals surface area contributed by atoms with Crippen LogP contribution in [0, 0.1) is 11.8 Å². The zero-order chi connectivity index (χ0) is 19.7. The van der Waals surface area contributed by atoms with Gasteiger partial charge in [-0.3, -0.25) is 9.59 Å². The van der Waals surface area contributed by atoms with Crippen molar-refractivity contribution in [3.8, 4) is 0 Å². The van der Waals surface area contributed by atoms with Crippen LogP contribution in [0.25, 0.3) is 0 Å². The number of likely N-dealkylation sites (tertiary alicyclic amines) is 2. The third-order valence-electron chi connectivity index (χ3n) is 5.91. The van der Waals surface area contributed by atoms with Gasteiger partial charge in [0.15, 0.2) is 0 Å². The third-order valence-corrected chi connectivity index (χ3v) is 6.62. The highest BCUT2D eigenvalue weighted by Gasteiger charge is 2.49. The molecule has 146 valence electrons. The molecule has 1 aromatic heterocycles. The summed E-state index contributed by atoms with van der Waals surface area (Å²) in [5.41, 5.74) is 1.84. The van der Waals surface area contributed by atoms with E-state index in [0.717, 1.165) is 17.1 Å². The number of fused-ring (bicyclic) bond motifs is 1. The average molecular weight is 396 g/mol. The Morgan fingerprint density at radius 3 is 2.61 bits per heavy atom. The Hall–Kier alpha value is -2.34. The minimum atomic E-state index is 0.0466. The molecule has 28 heavy (non-hydrogen) atoms. The summed E-state index contributed by atoms with van der Waals surface area (Å²) < 4.78 is 0. The lowest BCUT2D eigenvalue weighted by Crippen LogP contribution is -2.37. The van der Waals surface area contributed by atoms with Gasteiger partial charge in [0.25, 0.3) is 5.91 Å². The molecule has 0 saturated carbocycles. The molecule has 6 heteroatoms. The minimum Gasteiger partial charge on any atom is -0.338 e. The topological polar surface area (TPSA) is 53.5 Å². The third kappa shape index (κ3) is 3.30. The second-order valence-corrected chi connectivity index (χ2v) is 8.24. The molecule has 2 aromatic rings. The highest BCUT2D eigenvalue weighted by atomic mass is 32.2. The molecular weight excluding hydrogens is 370 g/mol. The molecule has 2 fully saturated rings. The predicted molar refractivity (Wildman–Crippen MR) is 110 cm³/mol. The summed E-state index contributed by atoms with van der Waals surface area (Å²) in [6.07, 6.45) is 4.18. The molecule has 0 spiro atoms. The number of carbonyl (C=O) groups is 2. The van der Waals surface area contributed by atoms with Gasteiger partial charge in [-0.2, -0.15) is 0 Å². The first-order chi connectivity index (χ1) is 13.6. The van der Waals surface area contributed by atoms with Crippen LogP contribution in [0.2, 0.25) is 0 Å². The fourth-order valence-corrected chi connectivity index (χ4v) is 5.18. The zero-order valence-corrected chi connectivity index (χ0v) is 17.1. The summed E-state index contributed by atoms with van der Waals surface area (Å²) in [5, 5.41) is 0.770. The van der Waals surface area contributed by atoms with Crippen LogP contribution in [0.3, 0.4) is 0 Å². The summed E-state index contributed by atoms with van der Waals surface area (Å²) in [6.45, 7) is 4.02. The number of pyridine rings is 1. The number of hydrogen-bond donors (Lipinski definition) is 0. The van der Waals surface area contributed by atoms with Crippen molar-refractivity contribution >= 4 is 23.6 Å². The molecule has 0 N–H and O–H groups in total. The summed E-state index contributed by atoms with van der Waals surface area (Å²) in [6, 6.07) is 14.0. The van der Waals surface area contributed by atoms with Gasteiger partial charge in [-0.1, -0.05) is 37.3 Å². The molecule has 5 nitrogen and oxygen atoms in total. The van der Waals surface area contributed by atoms with Gasteiger partial charge in [-0.15, -0.1) is 11.8 Å². The first kappa shape index (κ1) is 19.0. The Balaban J connectivity index is 1.60. The molecule has 2 amide bonds. The van der Waals surface area contributed by atoms with E-state index in [2.05, 4.69) is 17.1 Å². The van der Waals surface area contributed by atoms with E-state index in [1.165, 1.54) is 11.8 Å². The number of carbonyl (C=O) groups excluding carboxylic acids is 2. The van der Waals surface area contributed by atoms with E-state index in [-0.39, 0.29) is 23.8 Å². The van der Waals surface area contributed by atoms with Crippen molar-refractivity contribution in [3.05, 3.63) is 59.8 Å². The highest BCUT2D eigenvalue weighted by molar-refractivity contribution is 7.98. The molecule has 0 unspecified atom stereocenters. The van der Waals surface area contributed by atoms with E-state index in [1.807, 2.05) is 53.3 Å². The van der Waals surface area contributed by atoms with Gasteiger partial charge in [0.1, 0.15) is 5.03 Å². The van der Waals surface area contributed by atoms with Crippen LogP contribution >= 0.6 is 11.8 Å². The first-order valence-corrected chi connectivity index (χ1v) is 11.0. The zero-order valence-electron chi connectivity index (χ0n) is 16.2. The lowest BCUT2D eigenvalue weighted by atomic mass is 9.89. The highest BCUT2D eigenvalue weighted by Crippen LogP contribution is 2.45. The number of rotatable bonds is 4. The van der Waals surface area contributed by atoms with Crippen LogP contribution in [0.15, 0.2) is 53.7 Å². The van der Waals surface area contributed by atoms with Crippen LogP contribution in [0.4, 0.5) is 0 Å². The number of benzene rings is 1. The van der Waals surface area contributed by atoms with E-state index in [4.69, 9.17) is 0 Å². The van der Waals surface area contributed by atoms with Crippen LogP contribution in [-0.2, 0) is 4.79 Å². The van der Waals surface area contributed by atoms with Gasteiger partial charge < -0.3 is 9.80 Å². The second-order valence-electron chi connectivity index (χ2n) is 7.45. The lowest BCUT2D eigenvalue weighted by molar-refractivity contribution is -0.132. The monoisotopic (exact) mass is 395 g/mol. The standard InChI is InChI=1S/C22H25N3O2S/c1-3-19(26)25-13-16-12-24(22(27)17-10-7-11-23-21(17)28-2)14-18(16)20(25)15-8-5-4-6-9-15/h4-11,16,18,20H,3,12-14H2,1-2H3/t16-,18-,20+/m0/s1. The molecule has 3 heterocycles. The van der Waals surface area contributed by atoms with Gasteiger partial charge in [-0.25, -0.2) is 4.98 Å². The Kier molecular flexibility index (Phi) is 5.40. The maximum Gasteiger partial charge on any atom is 0.256 e. The molecule has 0 radical (unpaired) electrons. The normalized spacial score (nSPS) is 23.7. The summed E-state index contributed by atoms with van der Waals surface area (Å²) >= 11 is 1.50. The second kappa shape index (κ2) is 7.95. The number of hydrogen-bond acceptors (Lipinski definition) is 4. The van der Waals surface area contributed by atoms with Crippen LogP contribution in [0.5, 0.6) is 0 Å².